The zero-order valence-electron chi connectivity index (χ0n) is 7.99. The molecular formula is C10H14N2O2. The van der Waals surface area contributed by atoms with Gasteiger partial charge in [-0.3, -0.25) is 0 Å². The van der Waals surface area contributed by atoms with Crippen molar-refractivity contribution in [1.82, 2.24) is 5.16 Å². The van der Waals surface area contributed by atoms with E-state index in [1.807, 2.05) is 0 Å². The maximum Gasteiger partial charge on any atom is 0.173 e. The van der Waals surface area contributed by atoms with Crippen molar-refractivity contribution in [3.05, 3.63) is 17.5 Å². The first-order valence-electron chi connectivity index (χ1n) is 5.08. The third-order valence-corrected chi connectivity index (χ3v) is 3.92. The van der Waals surface area contributed by atoms with E-state index >= 15 is 0 Å². The van der Waals surface area contributed by atoms with Crippen LogP contribution in [0.5, 0.6) is 0 Å². The van der Waals surface area contributed by atoms with Gasteiger partial charge in [-0.2, -0.15) is 0 Å². The molecule has 0 bridgehead atoms. The first-order valence-corrected chi connectivity index (χ1v) is 5.08. The van der Waals surface area contributed by atoms with Crippen LogP contribution >= 0.6 is 0 Å². The molecule has 1 spiro atoms. The highest BCUT2D eigenvalue weighted by molar-refractivity contribution is 5.31. The molecule has 1 aromatic rings. The second-order valence-corrected chi connectivity index (χ2v) is 4.52. The number of nitrogens with two attached hydrogens (primary N) is 1. The minimum atomic E-state index is -0.961. The van der Waals surface area contributed by atoms with Crippen LogP contribution in [-0.2, 0) is 12.0 Å². The van der Waals surface area contributed by atoms with Gasteiger partial charge in [0.05, 0.1) is 6.20 Å². The Morgan fingerprint density at radius 2 is 2.29 bits per heavy atom. The van der Waals surface area contributed by atoms with Gasteiger partial charge in [-0.15, -0.1) is 0 Å². The van der Waals surface area contributed by atoms with Gasteiger partial charge in [-0.25, -0.2) is 0 Å². The van der Waals surface area contributed by atoms with Crippen LogP contribution in [0.4, 0.5) is 0 Å². The van der Waals surface area contributed by atoms with Crippen LogP contribution < -0.4 is 5.73 Å². The molecule has 3 rings (SSSR count). The lowest BCUT2D eigenvalue weighted by atomic mass is 9.72. The summed E-state index contributed by atoms with van der Waals surface area (Å²) >= 11 is 0. The second kappa shape index (κ2) is 2.38. The van der Waals surface area contributed by atoms with Crippen LogP contribution in [0, 0.1) is 5.41 Å². The molecule has 1 aromatic heterocycles. The lowest BCUT2D eigenvalue weighted by Crippen LogP contribution is -2.46. The topological polar surface area (TPSA) is 72.3 Å². The highest BCUT2D eigenvalue weighted by Crippen LogP contribution is 2.63. The van der Waals surface area contributed by atoms with Crippen LogP contribution in [0.2, 0.25) is 0 Å². The van der Waals surface area contributed by atoms with Crippen molar-refractivity contribution >= 4 is 0 Å². The maximum absolute atomic E-state index is 10.6. The molecule has 2 aliphatic rings. The Morgan fingerprint density at radius 3 is 2.93 bits per heavy atom. The molecule has 3 N–H and O–H groups in total. The number of nitrogens with zero attached hydrogens (tertiary/aromatic N) is 1. The molecule has 4 nitrogen and oxygen atoms in total. The number of aryl methyl sites for hydroxylation is 1. The van der Waals surface area contributed by atoms with Gasteiger partial charge in [-0.1, -0.05) is 5.16 Å². The standard InChI is InChI=1S/C10H14N2O2/c11-6-10(13)8-7(5-12-14-8)1-2-9(10)3-4-9/h5,13H,1-4,6,11H2. The molecular weight excluding hydrogens is 180 g/mol. The zero-order chi connectivity index (χ0) is 9.81. The molecule has 14 heavy (non-hydrogen) atoms. The molecule has 1 unspecified atom stereocenters. The Balaban J connectivity index is 2.15. The molecule has 0 aromatic carbocycles. The van der Waals surface area contributed by atoms with Gasteiger partial charge < -0.3 is 15.4 Å². The Morgan fingerprint density at radius 1 is 1.50 bits per heavy atom. The number of aromatic nitrogens is 1. The van der Waals surface area contributed by atoms with Crippen molar-refractivity contribution in [3.8, 4) is 0 Å². The quantitative estimate of drug-likeness (QED) is 0.684. The molecule has 1 saturated carbocycles. The predicted octanol–water partition coefficient (Wildman–Crippen LogP) is 0.547. The molecule has 0 amide bonds. The molecule has 0 radical (unpaired) electrons. The van der Waals surface area contributed by atoms with E-state index in [0.717, 1.165) is 31.2 Å². The average Bonchev–Trinajstić information content (AvgIpc) is 2.82. The Hall–Kier alpha value is -0.870. The number of hydrogen-bond donors (Lipinski definition) is 2. The van der Waals surface area contributed by atoms with Crippen molar-refractivity contribution in [2.75, 3.05) is 6.54 Å². The van der Waals surface area contributed by atoms with Gasteiger partial charge in [0.1, 0.15) is 5.60 Å². The molecule has 0 saturated heterocycles. The Bertz CT molecular complexity index is 370. The number of rotatable bonds is 1. The van der Waals surface area contributed by atoms with Gasteiger partial charge in [0.15, 0.2) is 5.76 Å². The van der Waals surface area contributed by atoms with E-state index in [1.54, 1.807) is 6.20 Å². The SMILES string of the molecule is NCC1(O)c2oncc2CCC12CC2. The monoisotopic (exact) mass is 194 g/mol. The van der Waals surface area contributed by atoms with E-state index in [2.05, 4.69) is 5.16 Å². The third-order valence-electron chi connectivity index (χ3n) is 3.92. The Kier molecular flexibility index (Phi) is 1.43. The number of aliphatic hydroxyl groups is 1. The van der Waals surface area contributed by atoms with Gasteiger partial charge >= 0.3 is 0 Å². The van der Waals surface area contributed by atoms with Crippen molar-refractivity contribution in [3.63, 3.8) is 0 Å². The lowest BCUT2D eigenvalue weighted by molar-refractivity contribution is -0.0634. The molecule has 76 valence electrons. The Labute approximate surface area is 82.1 Å². The maximum atomic E-state index is 10.6. The van der Waals surface area contributed by atoms with E-state index in [4.69, 9.17) is 10.3 Å². The minimum absolute atomic E-state index is 0.00567. The fourth-order valence-corrected chi connectivity index (χ4v) is 2.72. The van der Waals surface area contributed by atoms with Crippen molar-refractivity contribution in [2.45, 2.75) is 31.3 Å². The van der Waals surface area contributed by atoms with E-state index < -0.39 is 5.60 Å². The van der Waals surface area contributed by atoms with Crippen LogP contribution in [0.1, 0.15) is 30.6 Å². The fraction of sp³-hybridized carbons (Fsp3) is 0.700. The highest BCUT2D eigenvalue weighted by atomic mass is 16.5. The summed E-state index contributed by atoms with van der Waals surface area (Å²) in [6.45, 7) is 0.231. The fourth-order valence-electron chi connectivity index (χ4n) is 2.72. The van der Waals surface area contributed by atoms with Gasteiger partial charge in [0, 0.05) is 17.5 Å². The van der Waals surface area contributed by atoms with Gasteiger partial charge in [0.25, 0.3) is 0 Å². The summed E-state index contributed by atoms with van der Waals surface area (Å²) < 4.78 is 5.16. The molecule has 1 atom stereocenters. The zero-order valence-corrected chi connectivity index (χ0v) is 7.99. The smallest absolute Gasteiger partial charge is 0.173 e. The third kappa shape index (κ3) is 0.786. The molecule has 1 heterocycles. The van der Waals surface area contributed by atoms with Gasteiger partial charge in [-0.05, 0) is 25.7 Å². The van der Waals surface area contributed by atoms with Crippen molar-refractivity contribution in [1.29, 1.82) is 0 Å². The highest BCUT2D eigenvalue weighted by Gasteiger charge is 2.62. The van der Waals surface area contributed by atoms with Gasteiger partial charge in [0.2, 0.25) is 0 Å². The lowest BCUT2D eigenvalue weighted by Gasteiger charge is -2.37. The van der Waals surface area contributed by atoms with E-state index in [-0.39, 0.29) is 12.0 Å². The largest absolute Gasteiger partial charge is 0.380 e. The number of fused-ring (bicyclic) bond motifs is 1. The molecule has 0 aliphatic heterocycles. The number of hydrogen-bond acceptors (Lipinski definition) is 4. The predicted molar refractivity (Wildman–Crippen MR) is 49.4 cm³/mol. The summed E-state index contributed by atoms with van der Waals surface area (Å²) in [4.78, 5) is 0. The van der Waals surface area contributed by atoms with Crippen LogP contribution in [0.3, 0.4) is 0 Å². The van der Waals surface area contributed by atoms with Crippen LogP contribution in [0.25, 0.3) is 0 Å². The van der Waals surface area contributed by atoms with Crippen LogP contribution in [-0.4, -0.2) is 16.8 Å². The van der Waals surface area contributed by atoms with Crippen molar-refractivity contribution < 1.29 is 9.63 Å². The van der Waals surface area contributed by atoms with E-state index in [9.17, 15) is 5.11 Å². The molecule has 4 heteroatoms. The van der Waals surface area contributed by atoms with E-state index in [0.29, 0.717) is 5.76 Å². The molecule has 1 fully saturated rings. The van der Waals surface area contributed by atoms with Crippen LogP contribution in [0.15, 0.2) is 10.7 Å². The summed E-state index contributed by atoms with van der Waals surface area (Å²) in [5.74, 6) is 0.615. The van der Waals surface area contributed by atoms with Crippen molar-refractivity contribution in [2.24, 2.45) is 11.1 Å². The molecule has 2 aliphatic carbocycles. The summed E-state index contributed by atoms with van der Waals surface area (Å²) in [6.07, 6.45) is 5.78. The summed E-state index contributed by atoms with van der Waals surface area (Å²) in [5, 5.41) is 14.3. The summed E-state index contributed by atoms with van der Waals surface area (Å²) in [6, 6.07) is 0. The first-order chi connectivity index (χ1) is 6.72. The average molecular weight is 194 g/mol. The van der Waals surface area contributed by atoms with E-state index in [1.165, 1.54) is 0 Å². The normalized spacial score (nSPS) is 33.0. The minimum Gasteiger partial charge on any atom is -0.380 e. The first kappa shape index (κ1) is 8.44. The summed E-state index contributed by atoms with van der Waals surface area (Å²) in [5.41, 5.74) is 5.75. The second-order valence-electron chi connectivity index (χ2n) is 4.52. The summed E-state index contributed by atoms with van der Waals surface area (Å²) in [7, 11) is 0.